The Morgan fingerprint density at radius 3 is 2.43 bits per heavy atom. The average Bonchev–Trinajstić information content (AvgIpc) is 2.76. The average molecular weight is 587 g/mol. The Kier molecular flexibility index (Phi) is 8.26. The Labute approximate surface area is 205 Å². The number of nitro groups is 1. The van der Waals surface area contributed by atoms with Crippen molar-refractivity contribution in [1.82, 2.24) is 9.71 Å². The highest BCUT2D eigenvalue weighted by Gasteiger charge is 2.58. The largest absolute Gasteiger partial charge is 0.426 e. The Bertz CT molecular complexity index is 1250. The van der Waals surface area contributed by atoms with Gasteiger partial charge in [0.1, 0.15) is 10.4 Å². The number of carbonyl (C=O) groups excluding carboxylic acids is 1. The molecule has 192 valence electrons. The number of aromatic nitrogens is 1. The third-order valence-electron chi connectivity index (χ3n) is 5.17. The molecule has 0 fully saturated rings. The monoisotopic (exact) mass is 586 g/mol. The van der Waals surface area contributed by atoms with Gasteiger partial charge in [-0.1, -0.05) is 19.1 Å². The molecule has 0 bridgehead atoms. The number of alkyl halides is 3. The van der Waals surface area contributed by atoms with Crippen LogP contribution < -0.4 is 10.5 Å². The van der Waals surface area contributed by atoms with E-state index in [2.05, 4.69) is 20.9 Å². The van der Waals surface area contributed by atoms with Gasteiger partial charge in [-0.3, -0.25) is 14.9 Å². The molecule has 2 atom stereocenters. The molecule has 10 nitrogen and oxygen atoms in total. The topological polar surface area (TPSA) is 155 Å². The van der Waals surface area contributed by atoms with Gasteiger partial charge in [-0.05, 0) is 35.0 Å². The maximum absolute atomic E-state index is 14.7. The van der Waals surface area contributed by atoms with Crippen LogP contribution >= 0.6 is 15.9 Å². The molecule has 1 amide bonds. The molecule has 1 aromatic carbocycles. The fourth-order valence-corrected chi connectivity index (χ4v) is 4.53. The predicted molar refractivity (Wildman–Crippen MR) is 117 cm³/mol. The van der Waals surface area contributed by atoms with E-state index in [0.29, 0.717) is 6.92 Å². The van der Waals surface area contributed by atoms with Crippen LogP contribution in [-0.4, -0.2) is 49.2 Å². The number of amides is 1. The smallest absolute Gasteiger partial charge is 0.367 e. The first-order valence-corrected chi connectivity index (χ1v) is 11.8. The number of nitrogens with one attached hydrogen (secondary N) is 1. The summed E-state index contributed by atoms with van der Waals surface area (Å²) < 4.78 is 87.8. The lowest BCUT2D eigenvalue weighted by atomic mass is 9.83. The number of pyridine rings is 1. The van der Waals surface area contributed by atoms with Crippen LogP contribution in [0.25, 0.3) is 0 Å². The molecule has 2 aromatic rings. The SMILES string of the molecule is CC(CNS(=O)(=O)c1ccccc1[N+](=O)[O-])(CO[C@](C)(C(N)=O)C(F)(F)F)c1cc(Br)ncc1F. The van der Waals surface area contributed by atoms with Gasteiger partial charge < -0.3 is 10.5 Å². The van der Waals surface area contributed by atoms with E-state index >= 15 is 0 Å². The van der Waals surface area contributed by atoms with Crippen molar-refractivity contribution >= 4 is 37.5 Å². The molecule has 2 rings (SSSR count). The van der Waals surface area contributed by atoms with E-state index in [1.165, 1.54) is 12.1 Å². The standard InChI is InChI=1S/C19H19BrF4N4O6S/c1-17(11-7-15(20)26-8-12(11)21,10-34-18(2,16(25)29)19(22,23)24)9-27-35(32,33)14-6-4-3-5-13(14)28(30)31/h3-8,27H,9-10H2,1-2H3,(H2,25,29)/t17?,18-/m1/s1. The maximum Gasteiger partial charge on any atom is 0.426 e. The van der Waals surface area contributed by atoms with Crippen LogP contribution in [0.3, 0.4) is 0 Å². The zero-order valence-corrected chi connectivity index (χ0v) is 20.5. The van der Waals surface area contributed by atoms with E-state index < -0.39 is 67.6 Å². The van der Waals surface area contributed by atoms with E-state index in [-0.39, 0.29) is 10.2 Å². The Balaban J connectivity index is 2.51. The number of rotatable bonds is 10. The summed E-state index contributed by atoms with van der Waals surface area (Å²) in [5.74, 6) is -2.89. The van der Waals surface area contributed by atoms with Crippen molar-refractivity contribution in [1.29, 1.82) is 0 Å². The second-order valence-electron chi connectivity index (χ2n) is 7.78. The first-order chi connectivity index (χ1) is 15.9. The summed E-state index contributed by atoms with van der Waals surface area (Å²) in [6, 6.07) is 5.45. The Morgan fingerprint density at radius 2 is 1.89 bits per heavy atom. The van der Waals surface area contributed by atoms with E-state index in [0.717, 1.165) is 31.3 Å². The van der Waals surface area contributed by atoms with Crippen molar-refractivity contribution in [3.05, 3.63) is 62.6 Å². The number of sulfonamides is 1. The van der Waals surface area contributed by atoms with Gasteiger partial charge in [0, 0.05) is 23.6 Å². The number of benzene rings is 1. The molecule has 0 saturated heterocycles. The fourth-order valence-electron chi connectivity index (χ4n) is 2.86. The highest BCUT2D eigenvalue weighted by molar-refractivity contribution is 9.10. The molecule has 1 aromatic heterocycles. The summed E-state index contributed by atoms with van der Waals surface area (Å²) in [7, 11) is -4.61. The molecule has 0 aliphatic heterocycles. The number of hydrogen-bond donors (Lipinski definition) is 2. The van der Waals surface area contributed by atoms with Gasteiger partial charge in [-0.2, -0.15) is 13.2 Å². The zero-order valence-electron chi connectivity index (χ0n) is 18.1. The highest BCUT2D eigenvalue weighted by Crippen LogP contribution is 2.37. The number of nitrogens with zero attached hydrogens (tertiary/aromatic N) is 2. The van der Waals surface area contributed by atoms with Gasteiger partial charge in [-0.25, -0.2) is 22.5 Å². The maximum atomic E-state index is 14.7. The van der Waals surface area contributed by atoms with Gasteiger partial charge in [0.25, 0.3) is 11.6 Å². The van der Waals surface area contributed by atoms with Crippen LogP contribution in [0.1, 0.15) is 19.4 Å². The number of hydrogen-bond acceptors (Lipinski definition) is 7. The van der Waals surface area contributed by atoms with E-state index in [9.17, 15) is 40.9 Å². The lowest BCUT2D eigenvalue weighted by Gasteiger charge is -2.36. The third kappa shape index (κ3) is 6.12. The number of ether oxygens (including phenoxy) is 1. The molecule has 0 aliphatic rings. The molecular weight excluding hydrogens is 568 g/mol. The second-order valence-corrected chi connectivity index (χ2v) is 10.3. The van der Waals surface area contributed by atoms with Crippen molar-refractivity contribution in [2.75, 3.05) is 13.2 Å². The minimum atomic E-state index is -5.25. The second kappa shape index (κ2) is 10.1. The van der Waals surface area contributed by atoms with Crippen LogP contribution in [-0.2, 0) is 25.0 Å². The summed E-state index contributed by atoms with van der Waals surface area (Å²) in [5, 5.41) is 11.2. The van der Waals surface area contributed by atoms with E-state index in [1.807, 2.05) is 4.72 Å². The molecule has 0 radical (unpaired) electrons. The minimum Gasteiger partial charge on any atom is -0.367 e. The molecule has 35 heavy (non-hydrogen) atoms. The molecule has 3 N–H and O–H groups in total. The molecular formula is C19H19BrF4N4O6S. The molecule has 16 heteroatoms. The lowest BCUT2D eigenvalue weighted by molar-refractivity contribution is -0.387. The Hall–Kier alpha value is -2.69. The molecule has 1 heterocycles. The van der Waals surface area contributed by atoms with Gasteiger partial charge in [0.2, 0.25) is 15.6 Å². The van der Waals surface area contributed by atoms with Crippen molar-refractivity contribution < 1.29 is 40.4 Å². The van der Waals surface area contributed by atoms with Crippen molar-refractivity contribution in [3.63, 3.8) is 0 Å². The quantitative estimate of drug-likeness (QED) is 0.188. The lowest BCUT2D eigenvalue weighted by Crippen LogP contribution is -2.57. The van der Waals surface area contributed by atoms with Gasteiger partial charge in [-0.15, -0.1) is 0 Å². The van der Waals surface area contributed by atoms with Gasteiger partial charge in [0.15, 0.2) is 4.90 Å². The zero-order chi connectivity index (χ0) is 26.8. The summed E-state index contributed by atoms with van der Waals surface area (Å²) in [4.78, 5) is 24.8. The van der Waals surface area contributed by atoms with Crippen molar-refractivity contribution in [3.8, 4) is 0 Å². The molecule has 0 spiro atoms. The number of carbonyl (C=O) groups is 1. The first kappa shape index (κ1) is 28.5. The Morgan fingerprint density at radius 1 is 1.29 bits per heavy atom. The normalized spacial score (nSPS) is 15.7. The van der Waals surface area contributed by atoms with Crippen LogP contribution in [0.5, 0.6) is 0 Å². The first-order valence-electron chi connectivity index (χ1n) is 9.50. The molecule has 0 aliphatic carbocycles. The summed E-state index contributed by atoms with van der Waals surface area (Å²) in [5.41, 5.74) is -1.54. The van der Waals surface area contributed by atoms with E-state index in [4.69, 9.17) is 10.5 Å². The summed E-state index contributed by atoms with van der Waals surface area (Å²) >= 11 is 3.00. The highest BCUT2D eigenvalue weighted by atomic mass is 79.9. The van der Waals surface area contributed by atoms with Crippen molar-refractivity contribution in [2.45, 2.75) is 35.9 Å². The number of para-hydroxylation sites is 1. The van der Waals surface area contributed by atoms with E-state index in [1.54, 1.807) is 0 Å². The summed E-state index contributed by atoms with van der Waals surface area (Å²) in [6.45, 7) is -0.288. The van der Waals surface area contributed by atoms with Crippen molar-refractivity contribution in [2.24, 2.45) is 5.73 Å². The van der Waals surface area contributed by atoms with Crippen LogP contribution in [0.2, 0.25) is 0 Å². The molecule has 1 unspecified atom stereocenters. The minimum absolute atomic E-state index is 0.0650. The summed E-state index contributed by atoms with van der Waals surface area (Å²) in [6.07, 6.45) is -4.51. The number of primary amides is 1. The van der Waals surface area contributed by atoms with Gasteiger partial charge >= 0.3 is 6.18 Å². The predicted octanol–water partition coefficient (Wildman–Crippen LogP) is 2.95. The molecule has 0 saturated carbocycles. The number of nitro benzene ring substituents is 1. The van der Waals surface area contributed by atoms with Crippen LogP contribution in [0.4, 0.5) is 23.2 Å². The number of nitrogens with two attached hydrogens (primary N) is 1. The fraction of sp³-hybridized carbons (Fsp3) is 0.368. The van der Waals surface area contributed by atoms with Crippen LogP contribution in [0, 0.1) is 15.9 Å². The van der Waals surface area contributed by atoms with Gasteiger partial charge in [0.05, 0.1) is 17.7 Å². The number of halogens is 5. The third-order valence-corrected chi connectivity index (χ3v) is 7.05. The van der Waals surface area contributed by atoms with Crippen LogP contribution in [0.15, 0.2) is 46.0 Å².